The van der Waals surface area contributed by atoms with Gasteiger partial charge in [-0.2, -0.15) is 0 Å². The molecule has 0 aromatic heterocycles. The SMILES string of the molecule is CC(C)[C@@H](NC(=O)CCCCCCCNC(=O)OCC1c2ccccc2-c2ccccc21)C(=O)O. The van der Waals surface area contributed by atoms with Gasteiger partial charge in [0.2, 0.25) is 5.91 Å². The van der Waals surface area contributed by atoms with E-state index in [0.717, 1.165) is 32.1 Å². The fraction of sp³-hybridized carbons (Fsp3) is 0.464. The summed E-state index contributed by atoms with van der Waals surface area (Å²) in [5, 5.41) is 14.5. The smallest absolute Gasteiger partial charge is 0.407 e. The molecule has 0 heterocycles. The van der Waals surface area contributed by atoms with Crippen molar-refractivity contribution in [1.29, 1.82) is 0 Å². The van der Waals surface area contributed by atoms with Crippen molar-refractivity contribution < 1.29 is 24.2 Å². The quantitative estimate of drug-likeness (QED) is 0.346. The highest BCUT2D eigenvalue weighted by molar-refractivity contribution is 5.83. The number of hydrogen-bond acceptors (Lipinski definition) is 4. The molecular formula is C28H36N2O5. The van der Waals surface area contributed by atoms with Crippen LogP contribution in [-0.2, 0) is 14.3 Å². The second kappa shape index (κ2) is 12.9. The van der Waals surface area contributed by atoms with Gasteiger partial charge >= 0.3 is 12.1 Å². The Bertz CT molecular complexity index is 974. The van der Waals surface area contributed by atoms with Crippen molar-refractivity contribution in [3.05, 3.63) is 59.7 Å². The summed E-state index contributed by atoms with van der Waals surface area (Å²) in [5.74, 6) is -1.32. The molecule has 0 bridgehead atoms. The maximum absolute atomic E-state index is 12.2. The van der Waals surface area contributed by atoms with Crippen LogP contribution in [-0.4, -0.2) is 42.3 Å². The number of benzene rings is 2. The van der Waals surface area contributed by atoms with Gasteiger partial charge in [-0.25, -0.2) is 9.59 Å². The van der Waals surface area contributed by atoms with Crippen LogP contribution in [0.25, 0.3) is 11.1 Å². The summed E-state index contributed by atoms with van der Waals surface area (Å²) in [6.07, 6.45) is 4.26. The van der Waals surface area contributed by atoms with Crippen molar-refractivity contribution in [2.75, 3.05) is 13.2 Å². The number of carbonyl (C=O) groups is 3. The lowest BCUT2D eigenvalue weighted by Gasteiger charge is -2.17. The third-order valence-electron chi connectivity index (χ3n) is 6.44. The van der Waals surface area contributed by atoms with Crippen LogP contribution in [0.1, 0.15) is 69.4 Å². The van der Waals surface area contributed by atoms with E-state index in [1.165, 1.54) is 22.3 Å². The molecule has 0 saturated carbocycles. The van der Waals surface area contributed by atoms with E-state index < -0.39 is 18.1 Å². The predicted octanol–water partition coefficient (Wildman–Crippen LogP) is 5.09. The van der Waals surface area contributed by atoms with Gasteiger partial charge in [0, 0.05) is 18.9 Å². The van der Waals surface area contributed by atoms with Crippen LogP contribution in [0.2, 0.25) is 0 Å². The molecule has 0 saturated heterocycles. The molecule has 2 aromatic carbocycles. The molecule has 0 aliphatic heterocycles. The highest BCUT2D eigenvalue weighted by atomic mass is 16.5. The summed E-state index contributed by atoms with van der Waals surface area (Å²) in [5.41, 5.74) is 4.79. The van der Waals surface area contributed by atoms with Crippen molar-refractivity contribution in [3.63, 3.8) is 0 Å². The normalized spacial score (nSPS) is 13.1. The standard InChI is InChI=1S/C28H36N2O5/c1-19(2)26(27(32)33)30-25(31)16-6-4-3-5-11-17-29-28(34)35-18-24-22-14-9-7-12-20(22)21-13-8-10-15-23(21)24/h7-10,12-15,19,24,26H,3-6,11,16-18H2,1-2H3,(H,29,34)(H,30,31)(H,32,33)/t26-/m1/s1. The number of hydrogen-bond donors (Lipinski definition) is 3. The largest absolute Gasteiger partial charge is 0.480 e. The Hall–Kier alpha value is -3.35. The van der Waals surface area contributed by atoms with Gasteiger partial charge in [-0.1, -0.05) is 81.6 Å². The van der Waals surface area contributed by atoms with Crippen LogP contribution in [0.3, 0.4) is 0 Å². The highest BCUT2D eigenvalue weighted by Gasteiger charge is 2.29. The first kappa shape index (κ1) is 26.3. The van der Waals surface area contributed by atoms with Crippen LogP contribution in [0, 0.1) is 5.92 Å². The third kappa shape index (κ3) is 7.31. The van der Waals surface area contributed by atoms with Gasteiger partial charge in [-0.15, -0.1) is 0 Å². The van der Waals surface area contributed by atoms with Gasteiger partial charge in [-0.3, -0.25) is 4.79 Å². The molecule has 35 heavy (non-hydrogen) atoms. The van der Waals surface area contributed by atoms with Crippen LogP contribution < -0.4 is 10.6 Å². The maximum atomic E-state index is 12.2. The first-order valence-electron chi connectivity index (χ1n) is 12.5. The molecule has 7 heteroatoms. The van der Waals surface area contributed by atoms with Crippen molar-refractivity contribution in [2.45, 2.75) is 64.3 Å². The van der Waals surface area contributed by atoms with Gasteiger partial charge in [-0.05, 0) is 41.0 Å². The molecule has 1 aliphatic rings. The predicted molar refractivity (Wildman–Crippen MR) is 135 cm³/mol. The Morgan fingerprint density at radius 2 is 1.46 bits per heavy atom. The summed E-state index contributed by atoms with van der Waals surface area (Å²) >= 11 is 0. The molecule has 0 radical (unpaired) electrons. The molecule has 3 N–H and O–H groups in total. The van der Waals surface area contributed by atoms with E-state index in [1.807, 2.05) is 24.3 Å². The van der Waals surface area contributed by atoms with Crippen molar-refractivity contribution >= 4 is 18.0 Å². The lowest BCUT2D eigenvalue weighted by molar-refractivity contribution is -0.143. The number of rotatable bonds is 13. The third-order valence-corrected chi connectivity index (χ3v) is 6.44. The van der Waals surface area contributed by atoms with Gasteiger partial charge in [0.05, 0.1) is 0 Å². The van der Waals surface area contributed by atoms with Gasteiger partial charge < -0.3 is 20.5 Å². The second-order valence-corrected chi connectivity index (χ2v) is 9.40. The molecule has 188 valence electrons. The molecule has 0 unspecified atom stereocenters. The Morgan fingerprint density at radius 3 is 2.06 bits per heavy atom. The zero-order valence-electron chi connectivity index (χ0n) is 20.6. The minimum Gasteiger partial charge on any atom is -0.480 e. The lowest BCUT2D eigenvalue weighted by Crippen LogP contribution is -2.44. The molecule has 3 rings (SSSR count). The topological polar surface area (TPSA) is 105 Å². The van der Waals surface area contributed by atoms with E-state index in [9.17, 15) is 14.4 Å². The van der Waals surface area contributed by atoms with Crippen LogP contribution in [0.15, 0.2) is 48.5 Å². The fourth-order valence-corrected chi connectivity index (χ4v) is 4.54. The number of ether oxygens (including phenoxy) is 1. The zero-order chi connectivity index (χ0) is 25.2. The molecule has 7 nitrogen and oxygen atoms in total. The van der Waals surface area contributed by atoms with Gasteiger partial charge in [0.1, 0.15) is 12.6 Å². The van der Waals surface area contributed by atoms with E-state index in [0.29, 0.717) is 19.6 Å². The van der Waals surface area contributed by atoms with Crippen LogP contribution in [0.5, 0.6) is 0 Å². The Morgan fingerprint density at radius 1 is 0.886 bits per heavy atom. The number of fused-ring (bicyclic) bond motifs is 3. The number of carbonyl (C=O) groups excluding carboxylic acids is 2. The lowest BCUT2D eigenvalue weighted by atomic mass is 9.98. The number of amides is 2. The van der Waals surface area contributed by atoms with Crippen LogP contribution in [0.4, 0.5) is 4.79 Å². The van der Waals surface area contributed by atoms with E-state index in [4.69, 9.17) is 9.84 Å². The number of nitrogens with one attached hydrogen (secondary N) is 2. The minimum absolute atomic E-state index is 0.0525. The Labute approximate surface area is 207 Å². The number of alkyl carbamates (subject to hydrolysis) is 1. The van der Waals surface area contributed by atoms with E-state index in [2.05, 4.69) is 34.9 Å². The van der Waals surface area contributed by atoms with Gasteiger partial charge in [0.25, 0.3) is 0 Å². The van der Waals surface area contributed by atoms with Gasteiger partial charge in [0.15, 0.2) is 0 Å². The first-order valence-corrected chi connectivity index (χ1v) is 12.5. The highest BCUT2D eigenvalue weighted by Crippen LogP contribution is 2.44. The summed E-state index contributed by atoms with van der Waals surface area (Å²) < 4.78 is 5.54. The molecule has 2 aromatic rings. The summed E-state index contributed by atoms with van der Waals surface area (Å²) in [4.78, 5) is 35.3. The average Bonchev–Trinajstić information content (AvgIpc) is 3.16. The average molecular weight is 481 g/mol. The second-order valence-electron chi connectivity index (χ2n) is 9.40. The molecule has 1 atom stereocenters. The summed E-state index contributed by atoms with van der Waals surface area (Å²) in [6.45, 7) is 4.40. The maximum Gasteiger partial charge on any atom is 0.407 e. The van der Waals surface area contributed by atoms with E-state index >= 15 is 0 Å². The molecule has 2 amide bonds. The minimum atomic E-state index is -1.00. The van der Waals surface area contributed by atoms with Crippen molar-refractivity contribution in [1.82, 2.24) is 10.6 Å². The summed E-state index contributed by atoms with van der Waals surface area (Å²) in [7, 11) is 0. The number of carboxylic acids is 1. The van der Waals surface area contributed by atoms with E-state index in [-0.39, 0.29) is 17.7 Å². The molecule has 0 spiro atoms. The Kier molecular flexibility index (Phi) is 9.70. The van der Waals surface area contributed by atoms with Crippen molar-refractivity contribution in [2.24, 2.45) is 5.92 Å². The Balaban J connectivity index is 1.27. The zero-order valence-corrected chi connectivity index (χ0v) is 20.6. The molecule has 1 aliphatic carbocycles. The van der Waals surface area contributed by atoms with E-state index in [1.54, 1.807) is 13.8 Å². The fourth-order valence-electron chi connectivity index (χ4n) is 4.54. The van der Waals surface area contributed by atoms with Crippen molar-refractivity contribution in [3.8, 4) is 11.1 Å². The summed E-state index contributed by atoms with van der Waals surface area (Å²) in [6, 6.07) is 15.7. The first-order chi connectivity index (χ1) is 16.9. The monoisotopic (exact) mass is 480 g/mol. The van der Waals surface area contributed by atoms with Crippen LogP contribution >= 0.6 is 0 Å². The molecular weight excluding hydrogens is 444 g/mol. The number of aliphatic carboxylic acids is 1. The number of carboxylic acid groups (broad SMARTS) is 1. The molecule has 0 fully saturated rings. The number of unbranched alkanes of at least 4 members (excludes halogenated alkanes) is 4.